The van der Waals surface area contributed by atoms with Crippen LogP contribution in [0.25, 0.3) is 0 Å². The SMILES string of the molecule is Cc1cc(Br)ccc1NC(=O)CN(C)[C@@H](C)C(=O)N1CCc2ccccc2C1. The third kappa shape index (κ3) is 4.80. The van der Waals surface area contributed by atoms with Crippen molar-refractivity contribution in [2.45, 2.75) is 32.9 Å². The summed E-state index contributed by atoms with van der Waals surface area (Å²) in [7, 11) is 1.81. The molecule has 0 unspecified atom stereocenters. The maximum atomic E-state index is 12.9. The lowest BCUT2D eigenvalue weighted by Gasteiger charge is -2.33. The minimum absolute atomic E-state index is 0.0598. The van der Waals surface area contributed by atoms with Gasteiger partial charge in [-0.15, -0.1) is 0 Å². The van der Waals surface area contributed by atoms with Crippen LogP contribution < -0.4 is 5.32 Å². The van der Waals surface area contributed by atoms with Crippen LogP contribution in [-0.4, -0.2) is 47.8 Å². The number of hydrogen-bond acceptors (Lipinski definition) is 3. The van der Waals surface area contributed by atoms with E-state index in [2.05, 4.69) is 33.4 Å². The Balaban J connectivity index is 1.57. The average molecular weight is 444 g/mol. The molecule has 0 saturated carbocycles. The van der Waals surface area contributed by atoms with Gasteiger partial charge in [0.05, 0.1) is 12.6 Å². The van der Waals surface area contributed by atoms with E-state index in [-0.39, 0.29) is 24.4 Å². The number of benzene rings is 2. The summed E-state index contributed by atoms with van der Waals surface area (Å²) in [6.07, 6.45) is 0.877. The smallest absolute Gasteiger partial charge is 0.239 e. The molecule has 0 aromatic heterocycles. The number of carbonyl (C=O) groups excluding carboxylic acids is 2. The van der Waals surface area contributed by atoms with E-state index in [0.717, 1.165) is 28.7 Å². The van der Waals surface area contributed by atoms with Crippen molar-refractivity contribution >= 4 is 33.4 Å². The van der Waals surface area contributed by atoms with Gasteiger partial charge in [-0.05, 0) is 62.2 Å². The fourth-order valence-corrected chi connectivity index (χ4v) is 3.93. The van der Waals surface area contributed by atoms with Gasteiger partial charge in [-0.2, -0.15) is 0 Å². The molecular weight excluding hydrogens is 418 g/mol. The van der Waals surface area contributed by atoms with E-state index in [1.807, 2.05) is 56.1 Å². The van der Waals surface area contributed by atoms with Crippen molar-refractivity contribution in [1.82, 2.24) is 9.80 Å². The average Bonchev–Trinajstić information content (AvgIpc) is 2.68. The normalized spacial score (nSPS) is 14.5. The zero-order valence-electron chi connectivity index (χ0n) is 16.5. The van der Waals surface area contributed by atoms with Gasteiger partial charge in [0.15, 0.2) is 0 Å². The zero-order valence-corrected chi connectivity index (χ0v) is 18.1. The Kier molecular flexibility index (Phi) is 6.52. The minimum Gasteiger partial charge on any atom is -0.337 e. The number of nitrogens with zero attached hydrogens (tertiary/aromatic N) is 2. The molecule has 1 aliphatic heterocycles. The lowest BCUT2D eigenvalue weighted by molar-refractivity contribution is -0.137. The van der Waals surface area contributed by atoms with Crippen molar-refractivity contribution < 1.29 is 9.59 Å². The van der Waals surface area contributed by atoms with Crippen LogP contribution in [0.2, 0.25) is 0 Å². The molecule has 5 nitrogen and oxygen atoms in total. The van der Waals surface area contributed by atoms with Crippen LogP contribution in [-0.2, 0) is 22.6 Å². The van der Waals surface area contributed by atoms with E-state index in [9.17, 15) is 9.59 Å². The maximum Gasteiger partial charge on any atom is 0.239 e. The van der Waals surface area contributed by atoms with E-state index < -0.39 is 0 Å². The van der Waals surface area contributed by atoms with Crippen LogP contribution in [0, 0.1) is 6.92 Å². The van der Waals surface area contributed by atoms with Gasteiger partial charge >= 0.3 is 0 Å². The molecule has 0 radical (unpaired) electrons. The fourth-order valence-electron chi connectivity index (χ4n) is 3.46. The molecule has 3 rings (SSSR count). The fraction of sp³-hybridized carbons (Fsp3) is 0.364. The van der Waals surface area contributed by atoms with Crippen molar-refractivity contribution in [1.29, 1.82) is 0 Å². The molecular formula is C22H26BrN3O2. The third-order valence-electron chi connectivity index (χ3n) is 5.32. The molecule has 148 valence electrons. The first kappa shape index (κ1) is 20.6. The minimum atomic E-state index is -0.359. The highest BCUT2D eigenvalue weighted by Crippen LogP contribution is 2.21. The van der Waals surface area contributed by atoms with Gasteiger partial charge in [-0.1, -0.05) is 40.2 Å². The standard InChI is InChI=1S/C22H26BrN3O2/c1-15-12-19(23)8-9-20(15)24-21(27)14-25(3)16(2)22(28)26-11-10-17-6-4-5-7-18(17)13-26/h4-9,12,16H,10-11,13-14H2,1-3H3,(H,24,27)/t16-/m0/s1. The monoisotopic (exact) mass is 443 g/mol. The maximum absolute atomic E-state index is 12.9. The number of anilines is 1. The van der Waals surface area contributed by atoms with Gasteiger partial charge in [-0.3, -0.25) is 14.5 Å². The van der Waals surface area contributed by atoms with E-state index >= 15 is 0 Å². The van der Waals surface area contributed by atoms with Crippen LogP contribution in [0.3, 0.4) is 0 Å². The molecule has 0 spiro atoms. The number of aryl methyl sites for hydroxylation is 1. The Labute approximate surface area is 174 Å². The van der Waals surface area contributed by atoms with Crippen molar-refractivity contribution in [3.05, 3.63) is 63.6 Å². The zero-order chi connectivity index (χ0) is 20.3. The highest BCUT2D eigenvalue weighted by Gasteiger charge is 2.27. The molecule has 2 aromatic rings. The second-order valence-corrected chi connectivity index (χ2v) is 8.29. The molecule has 6 heteroatoms. The first-order valence-corrected chi connectivity index (χ1v) is 10.3. The lowest BCUT2D eigenvalue weighted by atomic mass is 9.99. The van der Waals surface area contributed by atoms with E-state index in [1.165, 1.54) is 11.1 Å². The Morgan fingerprint density at radius 3 is 2.64 bits per heavy atom. The van der Waals surface area contributed by atoms with Crippen LogP contribution in [0.5, 0.6) is 0 Å². The van der Waals surface area contributed by atoms with E-state index in [0.29, 0.717) is 6.54 Å². The van der Waals surface area contributed by atoms with Crippen LogP contribution in [0.15, 0.2) is 46.9 Å². The molecule has 1 heterocycles. The number of likely N-dealkylation sites (N-methyl/N-ethyl adjacent to an activating group) is 1. The summed E-state index contributed by atoms with van der Waals surface area (Å²) in [6.45, 7) is 5.33. The summed E-state index contributed by atoms with van der Waals surface area (Å²) >= 11 is 3.42. The summed E-state index contributed by atoms with van der Waals surface area (Å²) in [5.41, 5.74) is 4.30. The van der Waals surface area contributed by atoms with Gasteiger partial charge in [-0.25, -0.2) is 0 Å². The van der Waals surface area contributed by atoms with Crippen molar-refractivity contribution in [2.75, 3.05) is 25.5 Å². The molecule has 2 aromatic carbocycles. The van der Waals surface area contributed by atoms with Gasteiger partial charge in [0.1, 0.15) is 0 Å². The summed E-state index contributed by atoms with van der Waals surface area (Å²) in [5.74, 6) is -0.0683. The molecule has 1 aliphatic rings. The second kappa shape index (κ2) is 8.88. The topological polar surface area (TPSA) is 52.7 Å². The molecule has 0 fully saturated rings. The van der Waals surface area contributed by atoms with Crippen molar-refractivity contribution in [3.63, 3.8) is 0 Å². The largest absolute Gasteiger partial charge is 0.337 e. The number of amides is 2. The summed E-state index contributed by atoms with van der Waals surface area (Å²) in [4.78, 5) is 29.1. The van der Waals surface area contributed by atoms with Gasteiger partial charge in [0, 0.05) is 23.2 Å². The Bertz CT molecular complexity index is 884. The Hall–Kier alpha value is -2.18. The quantitative estimate of drug-likeness (QED) is 0.767. The number of halogens is 1. The van der Waals surface area contributed by atoms with Crippen molar-refractivity contribution in [3.8, 4) is 0 Å². The van der Waals surface area contributed by atoms with E-state index in [4.69, 9.17) is 0 Å². The second-order valence-electron chi connectivity index (χ2n) is 7.38. The molecule has 2 amide bonds. The Morgan fingerprint density at radius 2 is 1.93 bits per heavy atom. The number of carbonyl (C=O) groups is 2. The number of nitrogens with one attached hydrogen (secondary N) is 1. The first-order valence-electron chi connectivity index (χ1n) is 9.47. The lowest BCUT2D eigenvalue weighted by Crippen LogP contribution is -2.49. The molecule has 28 heavy (non-hydrogen) atoms. The predicted octanol–water partition coefficient (Wildman–Crippen LogP) is 3.60. The first-order chi connectivity index (χ1) is 13.3. The highest BCUT2D eigenvalue weighted by molar-refractivity contribution is 9.10. The van der Waals surface area contributed by atoms with Gasteiger partial charge in [0.25, 0.3) is 0 Å². The molecule has 0 bridgehead atoms. The summed E-state index contributed by atoms with van der Waals surface area (Å²) in [5, 5.41) is 2.93. The molecule has 0 aliphatic carbocycles. The van der Waals surface area contributed by atoms with Crippen LogP contribution >= 0.6 is 15.9 Å². The Morgan fingerprint density at radius 1 is 1.21 bits per heavy atom. The number of hydrogen-bond donors (Lipinski definition) is 1. The highest BCUT2D eigenvalue weighted by atomic mass is 79.9. The summed E-state index contributed by atoms with van der Waals surface area (Å²) < 4.78 is 0.974. The number of fused-ring (bicyclic) bond motifs is 1. The van der Waals surface area contributed by atoms with Gasteiger partial charge in [0.2, 0.25) is 11.8 Å². The molecule has 1 atom stereocenters. The predicted molar refractivity (Wildman–Crippen MR) is 115 cm³/mol. The van der Waals surface area contributed by atoms with E-state index in [1.54, 1.807) is 4.90 Å². The summed E-state index contributed by atoms with van der Waals surface area (Å²) in [6, 6.07) is 13.6. The van der Waals surface area contributed by atoms with Crippen LogP contribution in [0.1, 0.15) is 23.6 Å². The van der Waals surface area contributed by atoms with Crippen molar-refractivity contribution in [2.24, 2.45) is 0 Å². The molecule has 0 saturated heterocycles. The third-order valence-corrected chi connectivity index (χ3v) is 5.81. The number of rotatable bonds is 5. The van der Waals surface area contributed by atoms with Crippen LogP contribution in [0.4, 0.5) is 5.69 Å². The molecule has 1 N–H and O–H groups in total. The van der Waals surface area contributed by atoms with Gasteiger partial charge < -0.3 is 10.2 Å².